The monoisotopic (exact) mass is 327 g/mol. The number of nitrogens with zero attached hydrogens (tertiary/aromatic N) is 2. The Morgan fingerprint density at radius 3 is 2.78 bits per heavy atom. The smallest absolute Gasteiger partial charge is 0.207 e. The minimum Gasteiger partial charge on any atom is -0.324 e. The van der Waals surface area contributed by atoms with Gasteiger partial charge < -0.3 is 9.88 Å². The highest BCUT2D eigenvalue weighted by Crippen LogP contribution is 2.29. The number of rotatable bonds is 3. The van der Waals surface area contributed by atoms with Gasteiger partial charge in [0.2, 0.25) is 5.95 Å². The fourth-order valence-corrected chi connectivity index (χ4v) is 2.24. The van der Waals surface area contributed by atoms with E-state index in [1.54, 1.807) is 0 Å². The molecule has 0 saturated carbocycles. The highest BCUT2D eigenvalue weighted by Gasteiger charge is 2.10. The average molecular weight is 329 g/mol. The summed E-state index contributed by atoms with van der Waals surface area (Å²) in [5.41, 5.74) is 1.83. The summed E-state index contributed by atoms with van der Waals surface area (Å²) >= 11 is 9.60. The second kappa shape index (κ2) is 5.33. The number of anilines is 2. The zero-order valence-electron chi connectivity index (χ0n) is 10.5. The largest absolute Gasteiger partial charge is 0.324 e. The molecule has 3 nitrogen and oxygen atoms in total. The van der Waals surface area contributed by atoms with Crippen LogP contribution in [0.4, 0.5) is 11.6 Å². The second-order valence-electron chi connectivity index (χ2n) is 4.46. The first kappa shape index (κ1) is 13.4. The summed E-state index contributed by atoms with van der Waals surface area (Å²) in [5.74, 6) is 0.808. The van der Waals surface area contributed by atoms with Gasteiger partial charge in [-0.25, -0.2) is 4.98 Å². The van der Waals surface area contributed by atoms with Crippen molar-refractivity contribution in [3.8, 4) is 0 Å². The number of benzene rings is 1. The molecule has 18 heavy (non-hydrogen) atoms. The molecule has 2 aromatic rings. The van der Waals surface area contributed by atoms with E-state index in [1.807, 2.05) is 31.3 Å². The Hall–Kier alpha value is -1.00. The van der Waals surface area contributed by atoms with E-state index in [9.17, 15) is 0 Å². The first-order valence-electron chi connectivity index (χ1n) is 5.75. The molecule has 96 valence electrons. The van der Waals surface area contributed by atoms with Gasteiger partial charge in [-0.05, 0) is 39.0 Å². The lowest BCUT2D eigenvalue weighted by Crippen LogP contribution is -2.05. The lowest BCUT2D eigenvalue weighted by atomic mass is 10.3. The molecule has 0 aliphatic rings. The van der Waals surface area contributed by atoms with Crippen molar-refractivity contribution in [2.45, 2.75) is 26.8 Å². The molecule has 0 atom stereocenters. The summed E-state index contributed by atoms with van der Waals surface area (Å²) in [4.78, 5) is 4.48. The van der Waals surface area contributed by atoms with E-state index in [1.165, 1.54) is 0 Å². The zero-order chi connectivity index (χ0) is 13.3. The van der Waals surface area contributed by atoms with Crippen LogP contribution in [0.5, 0.6) is 0 Å². The third-order valence-corrected chi connectivity index (χ3v) is 3.41. The number of aryl methyl sites for hydroxylation is 1. The predicted octanol–water partition coefficient (Wildman–Crippen LogP) is 4.93. The number of aromatic nitrogens is 2. The molecule has 1 N–H and O–H groups in total. The summed E-state index contributed by atoms with van der Waals surface area (Å²) in [7, 11) is 0. The highest BCUT2D eigenvalue weighted by atomic mass is 79.9. The van der Waals surface area contributed by atoms with E-state index in [0.717, 1.165) is 21.8 Å². The molecule has 0 unspecified atom stereocenters. The van der Waals surface area contributed by atoms with Crippen molar-refractivity contribution in [2.24, 2.45) is 0 Å². The van der Waals surface area contributed by atoms with Gasteiger partial charge in [0, 0.05) is 16.7 Å². The molecule has 5 heteroatoms. The van der Waals surface area contributed by atoms with Crippen molar-refractivity contribution in [2.75, 3.05) is 5.32 Å². The van der Waals surface area contributed by atoms with Gasteiger partial charge in [0.05, 0.1) is 16.4 Å². The van der Waals surface area contributed by atoms with Crippen molar-refractivity contribution in [3.05, 3.63) is 39.6 Å². The molecule has 0 amide bonds. The summed E-state index contributed by atoms with van der Waals surface area (Å²) in [6.45, 7) is 6.22. The van der Waals surface area contributed by atoms with Gasteiger partial charge in [0.25, 0.3) is 0 Å². The Morgan fingerprint density at radius 1 is 1.39 bits per heavy atom. The number of imidazole rings is 1. The summed E-state index contributed by atoms with van der Waals surface area (Å²) in [6.07, 6.45) is 2.03. The van der Waals surface area contributed by atoms with E-state index in [0.29, 0.717) is 11.1 Å². The molecule has 0 spiro atoms. The minimum atomic E-state index is 0.347. The van der Waals surface area contributed by atoms with Gasteiger partial charge in [-0.2, -0.15) is 0 Å². The van der Waals surface area contributed by atoms with E-state index >= 15 is 0 Å². The van der Waals surface area contributed by atoms with E-state index in [4.69, 9.17) is 11.6 Å². The maximum absolute atomic E-state index is 6.16. The van der Waals surface area contributed by atoms with Crippen molar-refractivity contribution >= 4 is 39.2 Å². The molecule has 1 aromatic heterocycles. The van der Waals surface area contributed by atoms with Crippen LogP contribution in [0.3, 0.4) is 0 Å². The standard InChI is InChI=1S/C13H15BrClN3/c1-8(2)18-7-9(3)16-13(18)17-12-6-10(14)4-5-11(12)15/h4-8H,1-3H3,(H,16,17). The quantitative estimate of drug-likeness (QED) is 0.865. The maximum Gasteiger partial charge on any atom is 0.207 e. The van der Waals surface area contributed by atoms with Gasteiger partial charge in [-0.1, -0.05) is 27.5 Å². The third kappa shape index (κ3) is 2.87. The molecule has 0 aliphatic carbocycles. The third-order valence-electron chi connectivity index (χ3n) is 2.58. The Bertz CT molecular complexity index is 563. The molecular weight excluding hydrogens is 314 g/mol. The van der Waals surface area contributed by atoms with Crippen LogP contribution in [0.25, 0.3) is 0 Å². The maximum atomic E-state index is 6.16. The first-order valence-corrected chi connectivity index (χ1v) is 6.92. The van der Waals surface area contributed by atoms with Crippen LogP contribution in [0, 0.1) is 6.92 Å². The summed E-state index contributed by atoms with van der Waals surface area (Å²) in [6, 6.07) is 6.05. The molecule has 1 aromatic carbocycles. The average Bonchev–Trinajstić information content (AvgIpc) is 2.65. The zero-order valence-corrected chi connectivity index (χ0v) is 12.9. The molecule has 0 bridgehead atoms. The van der Waals surface area contributed by atoms with Crippen LogP contribution < -0.4 is 5.32 Å². The fourth-order valence-electron chi connectivity index (χ4n) is 1.72. The summed E-state index contributed by atoms with van der Waals surface area (Å²) in [5, 5.41) is 3.95. The molecule has 0 saturated heterocycles. The Kier molecular flexibility index (Phi) is 3.97. The summed E-state index contributed by atoms with van der Waals surface area (Å²) < 4.78 is 3.07. The first-order chi connectivity index (χ1) is 8.47. The van der Waals surface area contributed by atoms with Crippen LogP contribution in [0.2, 0.25) is 5.02 Å². The molecular formula is C13H15BrClN3. The topological polar surface area (TPSA) is 29.9 Å². The van der Waals surface area contributed by atoms with E-state index < -0.39 is 0 Å². The Labute approximate surface area is 120 Å². The van der Waals surface area contributed by atoms with Crippen molar-refractivity contribution in [1.29, 1.82) is 0 Å². The van der Waals surface area contributed by atoms with Crippen LogP contribution >= 0.6 is 27.5 Å². The van der Waals surface area contributed by atoms with Crippen molar-refractivity contribution in [1.82, 2.24) is 9.55 Å². The number of hydrogen-bond acceptors (Lipinski definition) is 2. The van der Waals surface area contributed by atoms with Crippen molar-refractivity contribution < 1.29 is 0 Å². The van der Waals surface area contributed by atoms with Crippen LogP contribution in [-0.2, 0) is 0 Å². The molecule has 1 heterocycles. The predicted molar refractivity (Wildman–Crippen MR) is 79.8 cm³/mol. The molecule has 0 aliphatic heterocycles. The van der Waals surface area contributed by atoms with Crippen LogP contribution in [-0.4, -0.2) is 9.55 Å². The van der Waals surface area contributed by atoms with E-state index in [2.05, 4.69) is 44.6 Å². The number of hydrogen-bond donors (Lipinski definition) is 1. The second-order valence-corrected chi connectivity index (χ2v) is 5.78. The van der Waals surface area contributed by atoms with Gasteiger partial charge in [-0.3, -0.25) is 0 Å². The number of halogens is 2. The molecule has 0 fully saturated rings. The highest BCUT2D eigenvalue weighted by molar-refractivity contribution is 9.10. The fraction of sp³-hybridized carbons (Fsp3) is 0.308. The number of nitrogens with one attached hydrogen (secondary N) is 1. The molecule has 0 radical (unpaired) electrons. The SMILES string of the molecule is Cc1cn(C(C)C)c(Nc2cc(Br)ccc2Cl)n1. The minimum absolute atomic E-state index is 0.347. The van der Waals surface area contributed by atoms with Crippen LogP contribution in [0.15, 0.2) is 28.9 Å². The molecule has 2 rings (SSSR count). The normalized spacial score (nSPS) is 11.0. The van der Waals surface area contributed by atoms with E-state index in [-0.39, 0.29) is 0 Å². The van der Waals surface area contributed by atoms with Gasteiger partial charge in [0.15, 0.2) is 0 Å². The van der Waals surface area contributed by atoms with Gasteiger partial charge in [0.1, 0.15) is 0 Å². The lowest BCUT2D eigenvalue weighted by molar-refractivity contribution is 0.607. The lowest BCUT2D eigenvalue weighted by Gasteiger charge is -2.13. The van der Waals surface area contributed by atoms with Gasteiger partial charge in [-0.15, -0.1) is 0 Å². The Balaban J connectivity index is 2.36. The van der Waals surface area contributed by atoms with Crippen molar-refractivity contribution in [3.63, 3.8) is 0 Å². The Morgan fingerprint density at radius 2 is 2.11 bits per heavy atom. The van der Waals surface area contributed by atoms with Gasteiger partial charge >= 0.3 is 0 Å². The van der Waals surface area contributed by atoms with Crippen LogP contribution in [0.1, 0.15) is 25.6 Å².